The Kier molecular flexibility index (Phi) is 8.25. The molecule has 0 heterocycles. The largest absolute Gasteiger partial charge is 0.463 e. The number of hydrogen-bond acceptors (Lipinski definition) is 5. The van der Waals surface area contributed by atoms with Gasteiger partial charge < -0.3 is 9.84 Å². The molecule has 0 aromatic carbocycles. The highest BCUT2D eigenvalue weighted by Gasteiger charge is 2.03. The number of esters is 1. The topological polar surface area (TPSA) is 121 Å². The molecule has 0 aromatic rings. The SMILES string of the molecule is C=C(CO)C(=O)OCC.O=S(=O)(O)O. The summed E-state index contributed by atoms with van der Waals surface area (Å²) in [5.74, 6) is -0.528. The van der Waals surface area contributed by atoms with E-state index in [0.717, 1.165) is 0 Å². The number of carbonyl (C=O) groups is 1. The normalized spacial score (nSPS) is 9.71. The van der Waals surface area contributed by atoms with Crippen LogP contribution in [0.5, 0.6) is 0 Å². The second-order valence-corrected chi connectivity index (χ2v) is 2.83. The monoisotopic (exact) mass is 228 g/mol. The zero-order chi connectivity index (χ0) is 11.8. The Morgan fingerprint density at radius 2 is 1.79 bits per heavy atom. The Morgan fingerprint density at radius 3 is 2.00 bits per heavy atom. The first-order valence-corrected chi connectivity index (χ1v) is 4.77. The van der Waals surface area contributed by atoms with E-state index in [1.165, 1.54) is 0 Å². The van der Waals surface area contributed by atoms with Crippen molar-refractivity contribution >= 4 is 16.4 Å². The lowest BCUT2D eigenvalue weighted by Gasteiger charge is -1.99. The molecule has 0 rings (SSSR count). The number of rotatable bonds is 3. The van der Waals surface area contributed by atoms with Crippen LogP contribution in [0.4, 0.5) is 0 Å². The Balaban J connectivity index is 0. The molecule has 0 amide bonds. The summed E-state index contributed by atoms with van der Waals surface area (Å²) in [4.78, 5) is 10.5. The van der Waals surface area contributed by atoms with Gasteiger partial charge in [0.15, 0.2) is 0 Å². The van der Waals surface area contributed by atoms with Crippen LogP contribution < -0.4 is 0 Å². The van der Waals surface area contributed by atoms with E-state index in [1.807, 2.05) is 0 Å². The lowest BCUT2D eigenvalue weighted by Crippen LogP contribution is -2.08. The van der Waals surface area contributed by atoms with Gasteiger partial charge in [0.05, 0.1) is 18.8 Å². The van der Waals surface area contributed by atoms with Gasteiger partial charge in [-0.25, -0.2) is 4.79 Å². The quantitative estimate of drug-likeness (QED) is 0.336. The molecule has 0 atom stereocenters. The Bertz CT molecular complexity index is 271. The fourth-order valence-corrected chi connectivity index (χ4v) is 0.298. The predicted molar refractivity (Wildman–Crippen MR) is 47.0 cm³/mol. The molecule has 14 heavy (non-hydrogen) atoms. The molecule has 84 valence electrons. The molecule has 0 radical (unpaired) electrons. The Hall–Kier alpha value is -0.960. The van der Waals surface area contributed by atoms with Gasteiger partial charge in [0.2, 0.25) is 0 Å². The lowest BCUT2D eigenvalue weighted by molar-refractivity contribution is -0.138. The van der Waals surface area contributed by atoms with Crippen LogP contribution in [0.1, 0.15) is 6.92 Å². The van der Waals surface area contributed by atoms with Gasteiger partial charge in [-0.2, -0.15) is 8.42 Å². The maximum absolute atomic E-state index is 10.5. The summed E-state index contributed by atoms with van der Waals surface area (Å²) in [5.41, 5.74) is 0.0943. The van der Waals surface area contributed by atoms with Gasteiger partial charge in [0, 0.05) is 0 Å². The summed E-state index contributed by atoms with van der Waals surface area (Å²) in [5, 5.41) is 8.33. The predicted octanol–water partition coefficient (Wildman–Crippen LogP) is -0.555. The van der Waals surface area contributed by atoms with Gasteiger partial charge in [0.25, 0.3) is 0 Å². The van der Waals surface area contributed by atoms with E-state index < -0.39 is 16.4 Å². The van der Waals surface area contributed by atoms with Crippen LogP contribution in [0.15, 0.2) is 12.2 Å². The number of carbonyl (C=O) groups excluding carboxylic acids is 1. The molecule has 7 nitrogen and oxygen atoms in total. The third-order valence-corrected chi connectivity index (χ3v) is 0.755. The molecular weight excluding hydrogens is 216 g/mol. The molecule has 0 unspecified atom stereocenters. The first-order chi connectivity index (χ1) is 6.22. The summed E-state index contributed by atoms with van der Waals surface area (Å²) < 4.78 is 36.1. The first-order valence-electron chi connectivity index (χ1n) is 3.38. The van der Waals surface area contributed by atoms with E-state index in [9.17, 15) is 4.79 Å². The minimum Gasteiger partial charge on any atom is -0.463 e. The van der Waals surface area contributed by atoms with E-state index in [4.69, 9.17) is 22.6 Å². The molecular formula is C6H12O7S. The van der Waals surface area contributed by atoms with Crippen LogP contribution in [0.3, 0.4) is 0 Å². The summed E-state index contributed by atoms with van der Waals surface area (Å²) in [6.07, 6.45) is 0. The van der Waals surface area contributed by atoms with E-state index in [0.29, 0.717) is 6.61 Å². The maximum Gasteiger partial charge on any atom is 0.394 e. The zero-order valence-electron chi connectivity index (χ0n) is 7.50. The van der Waals surface area contributed by atoms with Crippen molar-refractivity contribution in [3.05, 3.63) is 12.2 Å². The average molecular weight is 228 g/mol. The molecule has 0 aliphatic carbocycles. The first kappa shape index (κ1) is 15.5. The van der Waals surface area contributed by atoms with Crippen molar-refractivity contribution in [3.63, 3.8) is 0 Å². The number of hydrogen-bond donors (Lipinski definition) is 3. The molecule has 0 spiro atoms. The molecule has 0 aliphatic rings. The van der Waals surface area contributed by atoms with Crippen molar-refractivity contribution in [1.82, 2.24) is 0 Å². The van der Waals surface area contributed by atoms with Crippen molar-refractivity contribution < 1.29 is 32.2 Å². The highest BCUT2D eigenvalue weighted by atomic mass is 32.3. The molecule has 0 aromatic heterocycles. The number of ether oxygens (including phenoxy) is 1. The van der Waals surface area contributed by atoms with Crippen molar-refractivity contribution in [1.29, 1.82) is 0 Å². The van der Waals surface area contributed by atoms with Gasteiger partial charge in [-0.15, -0.1) is 0 Å². The molecule has 0 saturated heterocycles. The highest BCUT2D eigenvalue weighted by molar-refractivity contribution is 7.79. The van der Waals surface area contributed by atoms with Crippen LogP contribution in [0.2, 0.25) is 0 Å². The number of aliphatic hydroxyl groups is 1. The molecule has 0 bridgehead atoms. The third-order valence-electron chi connectivity index (χ3n) is 0.755. The molecule has 0 aliphatic heterocycles. The second kappa shape index (κ2) is 7.44. The lowest BCUT2D eigenvalue weighted by atomic mass is 10.3. The van der Waals surface area contributed by atoms with Crippen LogP contribution in [0.25, 0.3) is 0 Å². The Labute approximate surface area is 81.6 Å². The van der Waals surface area contributed by atoms with E-state index in [2.05, 4.69) is 11.3 Å². The molecule has 3 N–H and O–H groups in total. The molecule has 0 fully saturated rings. The van der Waals surface area contributed by atoms with Gasteiger partial charge in [-0.1, -0.05) is 6.58 Å². The molecule has 8 heteroatoms. The zero-order valence-corrected chi connectivity index (χ0v) is 8.32. The van der Waals surface area contributed by atoms with Crippen LogP contribution in [-0.2, 0) is 19.9 Å². The van der Waals surface area contributed by atoms with Crippen LogP contribution >= 0.6 is 0 Å². The van der Waals surface area contributed by atoms with E-state index >= 15 is 0 Å². The minimum absolute atomic E-state index is 0.0943. The van der Waals surface area contributed by atoms with Crippen LogP contribution in [0, 0.1) is 0 Å². The van der Waals surface area contributed by atoms with Crippen molar-refractivity contribution in [2.24, 2.45) is 0 Å². The number of aliphatic hydroxyl groups excluding tert-OH is 1. The summed E-state index contributed by atoms with van der Waals surface area (Å²) >= 11 is 0. The van der Waals surface area contributed by atoms with E-state index in [-0.39, 0.29) is 12.2 Å². The van der Waals surface area contributed by atoms with Gasteiger partial charge in [-0.05, 0) is 6.92 Å². The maximum atomic E-state index is 10.5. The summed E-state index contributed by atoms with van der Waals surface area (Å²) in [6.45, 7) is 4.95. The highest BCUT2D eigenvalue weighted by Crippen LogP contribution is 1.90. The van der Waals surface area contributed by atoms with Crippen molar-refractivity contribution in [2.75, 3.05) is 13.2 Å². The fourth-order valence-electron chi connectivity index (χ4n) is 0.298. The van der Waals surface area contributed by atoms with Gasteiger partial charge in [0.1, 0.15) is 0 Å². The summed E-state index contributed by atoms with van der Waals surface area (Å²) in [6, 6.07) is 0. The standard InChI is InChI=1S/C6H10O3.H2O4S/c1-3-9-6(8)5(2)4-7;1-5(2,3)4/h7H,2-4H2,1H3;(H2,1,2,3,4). The minimum atomic E-state index is -4.67. The second-order valence-electron chi connectivity index (χ2n) is 1.93. The average Bonchev–Trinajstić information content (AvgIpc) is 2.00. The van der Waals surface area contributed by atoms with Gasteiger partial charge >= 0.3 is 16.4 Å². The van der Waals surface area contributed by atoms with Crippen molar-refractivity contribution in [3.8, 4) is 0 Å². The van der Waals surface area contributed by atoms with Crippen molar-refractivity contribution in [2.45, 2.75) is 6.92 Å². The van der Waals surface area contributed by atoms with Gasteiger partial charge in [-0.3, -0.25) is 9.11 Å². The third kappa shape index (κ3) is 17.2. The molecule has 0 saturated carbocycles. The fraction of sp³-hybridized carbons (Fsp3) is 0.500. The van der Waals surface area contributed by atoms with E-state index in [1.54, 1.807) is 6.92 Å². The summed E-state index contributed by atoms with van der Waals surface area (Å²) in [7, 11) is -4.67. The smallest absolute Gasteiger partial charge is 0.394 e. The van der Waals surface area contributed by atoms with Crippen LogP contribution in [-0.4, -0.2) is 41.8 Å². The Morgan fingerprint density at radius 1 is 1.43 bits per heavy atom.